The van der Waals surface area contributed by atoms with Gasteiger partial charge in [0.05, 0.1) is 0 Å². The maximum atomic E-state index is 12.9. The van der Waals surface area contributed by atoms with E-state index in [2.05, 4.69) is 213 Å². The maximum absolute atomic E-state index is 12.9. The topological polar surface area (TPSA) is 29.5 Å². The van der Waals surface area contributed by atoms with Crippen LogP contribution in [0.1, 0.15) is 577 Å². The first-order valence-corrected chi connectivity index (χ1v) is 54.6. The second kappa shape index (κ2) is 59.7. The molecule has 24 saturated carbocycles. The van der Waals surface area contributed by atoms with Crippen LogP contribution in [0.25, 0.3) is 0 Å². The number of aliphatic hydroxyl groups excluding tert-OH is 1. The molecule has 0 aromatic heterocycles. The van der Waals surface area contributed by atoms with Gasteiger partial charge in [0.1, 0.15) is 11.5 Å². The summed E-state index contributed by atoms with van der Waals surface area (Å²) in [6, 6.07) is 14.6. The van der Waals surface area contributed by atoms with E-state index in [4.69, 9.17) is 21.4 Å². The van der Waals surface area contributed by atoms with Crippen molar-refractivity contribution in [3.63, 3.8) is 0 Å². The average Bonchev–Trinajstić information content (AvgIpc) is 0.690. The number of benzene rings is 2. The van der Waals surface area contributed by atoms with Gasteiger partial charge in [-0.25, -0.2) is 17.6 Å². The Balaban J connectivity index is -0.000000458. The predicted octanol–water partition coefficient (Wildman–Crippen LogP) is 45.8. The fraction of sp³-hybridized carbons (Fsp3) is 0.908. The van der Waals surface area contributed by atoms with Crippen molar-refractivity contribution >= 4 is 11.6 Å². The van der Waals surface area contributed by atoms with Gasteiger partial charge in [0.15, 0.2) is 0 Å². The highest BCUT2D eigenvalue weighted by Crippen LogP contribution is 2.78. The van der Waals surface area contributed by atoms with Crippen LogP contribution in [-0.4, -0.2) is 36.5 Å². The Morgan fingerprint density at radius 3 is 0.739 bits per heavy atom. The Labute approximate surface area is 873 Å². The zero-order valence-electron chi connectivity index (χ0n) is 88.7. The number of aliphatic hydroxyl groups is 1. The molecule has 1 saturated heterocycles. The van der Waals surface area contributed by atoms with E-state index in [1.807, 2.05) is 38.1 Å². The minimum atomic E-state index is -2.32. The Hall–Kier alpha value is -1.63. The van der Waals surface area contributed by atoms with Gasteiger partial charge in [-0.15, -0.1) is 0 Å². The number of halogens is 5. The summed E-state index contributed by atoms with van der Waals surface area (Å²) < 4.78 is 54.8. The lowest BCUT2D eigenvalue weighted by Gasteiger charge is -2.72. The van der Waals surface area contributed by atoms with E-state index in [1.54, 1.807) is 25.7 Å². The van der Waals surface area contributed by atoms with Crippen molar-refractivity contribution in [1.29, 1.82) is 0 Å². The van der Waals surface area contributed by atoms with Gasteiger partial charge in [0.25, 0.3) is 0 Å². The molecular weight excluding hydrogens is 1720 g/mol. The molecule has 2 aromatic rings. The number of ether oxygens (including phenoxy) is 1. The smallest absolute Gasteiger partial charge is 0.248 e. The van der Waals surface area contributed by atoms with Gasteiger partial charge in [-0.2, -0.15) is 0 Å². The lowest BCUT2D eigenvalue weighted by molar-refractivity contribution is -0.245. The van der Waals surface area contributed by atoms with Crippen molar-refractivity contribution in [3.05, 3.63) is 70.5 Å². The quantitative estimate of drug-likeness (QED) is 0.180. The molecule has 14 bridgehead atoms. The third-order valence-electron chi connectivity index (χ3n) is 40.2. The summed E-state index contributed by atoms with van der Waals surface area (Å²) in [7, 11) is 0. The van der Waals surface area contributed by atoms with Crippen molar-refractivity contribution in [2.24, 2.45) is 172 Å². The molecule has 0 unspecified atom stereocenters. The molecule has 24 aliphatic carbocycles. The predicted molar refractivity (Wildman–Crippen MR) is 620 cm³/mol. The van der Waals surface area contributed by atoms with Crippen molar-refractivity contribution < 1.29 is 27.4 Å². The Morgan fingerprint density at radius 1 is 0.304 bits per heavy atom. The fourth-order valence-electron chi connectivity index (χ4n) is 27.5. The van der Waals surface area contributed by atoms with Gasteiger partial charge < -0.3 is 9.84 Å². The number of hydrogen-bond acceptors (Lipinski definition) is 2. The molecule has 826 valence electrons. The third kappa shape index (κ3) is 37.2. The van der Waals surface area contributed by atoms with Crippen molar-refractivity contribution in [2.45, 2.75) is 578 Å². The van der Waals surface area contributed by atoms with Crippen LogP contribution in [0.4, 0.5) is 17.6 Å². The molecule has 0 spiro atoms. The first-order valence-electron chi connectivity index (χ1n) is 54.2. The maximum Gasteiger partial charge on any atom is 0.248 e. The summed E-state index contributed by atoms with van der Waals surface area (Å²) in [5, 5.41) is 9.79. The van der Waals surface area contributed by atoms with Gasteiger partial charge in [0, 0.05) is 37.7 Å². The van der Waals surface area contributed by atoms with E-state index in [9.17, 15) is 17.6 Å². The van der Waals surface area contributed by atoms with Crippen molar-refractivity contribution in [3.8, 4) is 0 Å². The minimum Gasteiger partial charge on any atom is -0.396 e. The van der Waals surface area contributed by atoms with Crippen LogP contribution >= 0.6 is 11.6 Å². The Kier molecular flexibility index (Phi) is 62.6. The normalized spacial score (nSPS) is 32.5. The number of rotatable bonds is 15. The van der Waals surface area contributed by atoms with E-state index < -0.39 is 11.6 Å². The highest BCUT2D eigenvalue weighted by atomic mass is 35.5. The lowest BCUT2D eigenvalue weighted by atomic mass is 9.32. The molecule has 0 amide bonds. The largest absolute Gasteiger partial charge is 0.396 e. The Bertz CT molecular complexity index is 3150. The SMILES string of the molecule is C.C.C.C.C.C.C.C.C.C.C.C.CC(C)C1(C)CCC1.CC(C)C12CC(C)(C1)C2.CC(C)C12CC(C)(C1)C2.CC(C)C12CC(C1)C2.CC(C)C12CC(CO)(C1)C2.CC(C)C12CC(F)(C1)C2.CC(C)C12CCC(CC1)C2.CC(C)C12CCC(CC1)CC2.CC(C)C1CC(F)(F)C1.CC(C)C1CCC1.CC(C)C1CCC1.CC(C)C1CCOCC1.CC(C)c1ccc(Cl)cc1.CC(C)c1ccc(F)cc1. The lowest BCUT2D eigenvalue weighted by Crippen LogP contribution is -2.66. The monoisotopic (exact) mass is 1970 g/mol. The Morgan fingerprint density at radius 2 is 0.587 bits per heavy atom. The number of hydrogen-bond donors (Lipinski definition) is 1. The summed E-state index contributed by atoms with van der Waals surface area (Å²) in [5.74, 6) is 15.7. The van der Waals surface area contributed by atoms with E-state index in [0.29, 0.717) is 46.5 Å². The second-order valence-electron chi connectivity index (χ2n) is 53.7. The van der Waals surface area contributed by atoms with Gasteiger partial charge in [-0.05, 0) is 412 Å². The zero-order valence-corrected chi connectivity index (χ0v) is 89.4. The number of fused-ring (bicyclic) bond motifs is 5. The standard InChI is InChI=1S/C11H20.C10H18.C9H11Cl.C9H11F.C9H16O.2C9H16.C8H13F.C8H16O.C8H14.C8H16.C7H12F2.2C7H14.12CH4/c1-9(2)11-6-3-10(4-7-11)5-8-11;1-8(2)10-5-3-9(7-10)4-6-10;2*1-7(2)8-3-5-9(10)6-4-8;1-7(2)9-3-8(4-9,5-9)6-10;2*1-7(2)9-4-8(3,5-9)6-9;1-6(2)7-3-8(9,4-7)5-7;1-7(2)8-3-5-9-6-4-8;1-6(2)8-3-7(4-8)5-8;1-7(2)8(3)5-4-6-8;1-5(2)6-3-7(8,9)4-6;2*1-6(2)7-4-3-5-7;;;;;;;;;;;;/h9-10H,3-8H2,1-2H3;8-9H,3-7H2,1-2H3;2*3-7H,1-2H3;7,10H,3-6H2,1-2H3;2*7H,4-6H2,1-3H3;6H,3-5H2,1-2H3;7-8H,3-6H2,1-2H3;6-7H,3-5H2,1-2H3;7H,4-6H2,1-3H3;5-6H,3-4H2,1-2H3;2*6-7H,3-5H2,1-2H3;12*1H4. The molecule has 1 N–H and O–H groups in total. The highest BCUT2D eigenvalue weighted by molar-refractivity contribution is 6.30. The first kappa shape index (κ1) is 145. The van der Waals surface area contributed by atoms with Crippen LogP contribution in [0.15, 0.2) is 48.5 Å². The van der Waals surface area contributed by atoms with Crippen LogP contribution in [-0.2, 0) is 4.74 Å². The molecule has 1 aliphatic heterocycles. The molecule has 0 atom stereocenters. The number of alkyl halides is 3. The van der Waals surface area contributed by atoms with Crippen LogP contribution in [0.2, 0.25) is 5.02 Å². The molecule has 138 heavy (non-hydrogen) atoms. The summed E-state index contributed by atoms with van der Waals surface area (Å²) >= 11 is 5.72. The summed E-state index contributed by atoms with van der Waals surface area (Å²) in [5.41, 5.74) is 9.82. The first-order chi connectivity index (χ1) is 58.5. The van der Waals surface area contributed by atoms with Gasteiger partial charge in [-0.1, -0.05) is 385 Å². The summed E-state index contributed by atoms with van der Waals surface area (Å²) in [4.78, 5) is 0. The fourth-order valence-corrected chi connectivity index (χ4v) is 27.6. The third-order valence-corrected chi connectivity index (χ3v) is 40.5. The molecular formula is C131H255ClF4O2. The van der Waals surface area contributed by atoms with E-state index >= 15 is 0 Å². The average molecular weight is 1970 g/mol. The van der Waals surface area contributed by atoms with E-state index in [0.717, 1.165) is 176 Å². The van der Waals surface area contributed by atoms with Gasteiger partial charge >= 0.3 is 0 Å². The highest BCUT2D eigenvalue weighted by Gasteiger charge is 2.71. The van der Waals surface area contributed by atoms with Crippen molar-refractivity contribution in [2.75, 3.05) is 19.8 Å². The van der Waals surface area contributed by atoms with Crippen LogP contribution in [0, 0.1) is 178 Å². The zero-order chi connectivity index (χ0) is 94.0. The van der Waals surface area contributed by atoms with Crippen molar-refractivity contribution in [1.82, 2.24) is 0 Å². The minimum absolute atomic E-state index is 0. The van der Waals surface area contributed by atoms with Gasteiger partial charge in [-0.3, -0.25) is 0 Å². The molecule has 0 radical (unpaired) electrons. The molecule has 2 nitrogen and oxygen atoms in total. The molecule has 7 heteroatoms. The second-order valence-corrected chi connectivity index (χ2v) is 54.1. The van der Waals surface area contributed by atoms with E-state index in [1.165, 1.54) is 216 Å². The summed E-state index contributed by atoms with van der Waals surface area (Å²) in [6.07, 6.45) is 53.4. The molecule has 2 aromatic carbocycles. The van der Waals surface area contributed by atoms with E-state index in [-0.39, 0.29) is 114 Å². The summed E-state index contributed by atoms with van der Waals surface area (Å²) in [6.45, 7) is 73.7. The van der Waals surface area contributed by atoms with Crippen LogP contribution in [0.3, 0.4) is 0 Å². The molecule has 27 rings (SSSR count). The molecule has 1 heterocycles. The molecule has 25 fully saturated rings. The molecule has 25 aliphatic rings. The van der Waals surface area contributed by atoms with Crippen LogP contribution in [0.5, 0.6) is 0 Å². The van der Waals surface area contributed by atoms with Crippen LogP contribution < -0.4 is 0 Å². The van der Waals surface area contributed by atoms with Gasteiger partial charge in [0.2, 0.25) is 5.92 Å².